The van der Waals surface area contributed by atoms with Crippen molar-refractivity contribution in [2.45, 2.75) is 366 Å². The van der Waals surface area contributed by atoms with Crippen LogP contribution in [0.1, 0.15) is 348 Å². The molecule has 0 saturated heterocycles. The van der Waals surface area contributed by atoms with Crippen LogP contribution in [0.25, 0.3) is 0 Å². The predicted molar refractivity (Wildman–Crippen MR) is 301 cm³/mol. The Morgan fingerprint density at radius 1 is 0.353 bits per heavy atom. The summed E-state index contributed by atoms with van der Waals surface area (Å²) in [5.74, 6) is -0.506. The summed E-state index contributed by atoms with van der Waals surface area (Å²) in [4.78, 5) is 12.6. The summed E-state index contributed by atoms with van der Waals surface area (Å²) in [5.41, 5.74) is 0. The fourth-order valence-electron chi connectivity index (χ4n) is 9.97. The molecule has 0 aromatic heterocycles. The van der Waals surface area contributed by atoms with Crippen LogP contribution in [0.15, 0.2) is 24.3 Å². The Kier molecular flexibility index (Phi) is 57.4. The molecular formula is C63H123NO4. The van der Waals surface area contributed by atoms with E-state index >= 15 is 0 Å². The van der Waals surface area contributed by atoms with E-state index in [-0.39, 0.29) is 6.61 Å². The highest BCUT2D eigenvalue weighted by Crippen LogP contribution is 2.19. The molecule has 0 aromatic rings. The molecule has 0 rings (SSSR count). The molecule has 4 N–H and O–H groups in total. The highest BCUT2D eigenvalue weighted by atomic mass is 16.3. The average Bonchev–Trinajstić information content (AvgIpc) is 3.34. The highest BCUT2D eigenvalue weighted by molar-refractivity contribution is 5.80. The zero-order valence-corrected chi connectivity index (χ0v) is 46.3. The number of rotatable bonds is 58. The van der Waals surface area contributed by atoms with E-state index in [2.05, 4.69) is 31.3 Å². The van der Waals surface area contributed by atoms with E-state index in [0.29, 0.717) is 6.42 Å². The van der Waals surface area contributed by atoms with Gasteiger partial charge in [-0.05, 0) is 32.1 Å². The van der Waals surface area contributed by atoms with Crippen LogP contribution in [-0.4, -0.2) is 46.1 Å². The van der Waals surface area contributed by atoms with E-state index in [0.717, 1.165) is 38.5 Å². The molecule has 0 aliphatic carbocycles. The van der Waals surface area contributed by atoms with Gasteiger partial charge in [-0.3, -0.25) is 4.79 Å². The molecule has 0 aliphatic heterocycles. The molecule has 1 amide bonds. The van der Waals surface area contributed by atoms with Gasteiger partial charge in [-0.1, -0.05) is 340 Å². The number of hydrogen-bond donors (Lipinski definition) is 4. The number of hydrogen-bond acceptors (Lipinski definition) is 4. The van der Waals surface area contributed by atoms with Gasteiger partial charge in [0.2, 0.25) is 5.91 Å². The smallest absolute Gasteiger partial charge is 0.249 e. The summed E-state index contributed by atoms with van der Waals surface area (Å²) in [6.45, 7) is 4.21. The van der Waals surface area contributed by atoms with Gasteiger partial charge < -0.3 is 20.6 Å². The van der Waals surface area contributed by atoms with Crippen LogP contribution in [0.5, 0.6) is 0 Å². The predicted octanol–water partition coefficient (Wildman–Crippen LogP) is 19.6. The van der Waals surface area contributed by atoms with Crippen molar-refractivity contribution in [3.63, 3.8) is 0 Å². The number of carbonyl (C=O) groups excluding carboxylic acids is 1. The van der Waals surface area contributed by atoms with Crippen molar-refractivity contribution < 1.29 is 20.1 Å². The molecular weight excluding hydrogens is 835 g/mol. The van der Waals surface area contributed by atoms with Crippen LogP contribution < -0.4 is 5.32 Å². The zero-order valence-electron chi connectivity index (χ0n) is 46.3. The fourth-order valence-corrected chi connectivity index (χ4v) is 9.97. The van der Waals surface area contributed by atoms with Crippen molar-refractivity contribution in [2.24, 2.45) is 0 Å². The normalized spacial score (nSPS) is 13.3. The maximum Gasteiger partial charge on any atom is 0.249 e. The number of aliphatic hydroxyl groups is 3. The van der Waals surface area contributed by atoms with Crippen molar-refractivity contribution in [3.05, 3.63) is 24.3 Å². The second-order valence-corrected chi connectivity index (χ2v) is 21.6. The number of carbonyl (C=O) groups is 1. The largest absolute Gasteiger partial charge is 0.394 e. The lowest BCUT2D eigenvalue weighted by Crippen LogP contribution is -2.48. The molecule has 3 unspecified atom stereocenters. The Morgan fingerprint density at radius 2 is 0.603 bits per heavy atom. The first-order valence-corrected chi connectivity index (χ1v) is 31.2. The van der Waals surface area contributed by atoms with Gasteiger partial charge >= 0.3 is 0 Å². The van der Waals surface area contributed by atoms with Crippen LogP contribution in [0.4, 0.5) is 0 Å². The number of unbranched alkanes of at least 4 members (excludes halogenated alkanes) is 48. The molecule has 404 valence electrons. The molecule has 5 nitrogen and oxygen atoms in total. The summed E-state index contributed by atoms with van der Waals surface area (Å²) in [6, 6.07) is -0.813. The lowest BCUT2D eigenvalue weighted by atomic mass is 10.0. The maximum atomic E-state index is 12.6. The molecule has 68 heavy (non-hydrogen) atoms. The lowest BCUT2D eigenvalue weighted by Gasteiger charge is -2.21. The number of aliphatic hydroxyl groups excluding tert-OH is 3. The minimum absolute atomic E-state index is 0.372. The summed E-state index contributed by atoms with van der Waals surface area (Å²) in [5, 5.41) is 33.4. The quantitative estimate of drug-likeness (QED) is 0.0361. The molecule has 5 heteroatoms. The van der Waals surface area contributed by atoms with Crippen LogP contribution in [-0.2, 0) is 4.79 Å². The molecule has 0 saturated carbocycles. The molecule has 3 atom stereocenters. The molecule has 0 aromatic carbocycles. The molecule has 0 radical (unpaired) electrons. The third-order valence-corrected chi connectivity index (χ3v) is 14.8. The maximum absolute atomic E-state index is 12.6. The first-order valence-electron chi connectivity index (χ1n) is 31.2. The monoisotopic (exact) mass is 958 g/mol. The van der Waals surface area contributed by atoms with Gasteiger partial charge in [0.05, 0.1) is 18.8 Å². The van der Waals surface area contributed by atoms with E-state index in [9.17, 15) is 20.1 Å². The van der Waals surface area contributed by atoms with E-state index < -0.39 is 24.2 Å². The van der Waals surface area contributed by atoms with Crippen LogP contribution in [0.3, 0.4) is 0 Å². The molecule has 0 bridgehead atoms. The Balaban J connectivity index is 3.50. The van der Waals surface area contributed by atoms with Gasteiger partial charge in [-0.25, -0.2) is 0 Å². The van der Waals surface area contributed by atoms with E-state index in [1.54, 1.807) is 6.08 Å². The van der Waals surface area contributed by atoms with Gasteiger partial charge in [0, 0.05) is 0 Å². The second kappa shape index (κ2) is 58.4. The second-order valence-electron chi connectivity index (χ2n) is 21.6. The topological polar surface area (TPSA) is 89.8 Å². The summed E-state index contributed by atoms with van der Waals surface area (Å²) < 4.78 is 0. The third-order valence-electron chi connectivity index (χ3n) is 14.8. The SMILES string of the molecule is CCCCCCCCCCCCCCCC/C=C/CC/C=C/C(O)C(CO)NC(=O)C(O)CCCCCCCCCCCCCCCCCCCCCCCCCCCCCCCCCCCC. The van der Waals surface area contributed by atoms with Crippen molar-refractivity contribution in [1.82, 2.24) is 5.32 Å². The van der Waals surface area contributed by atoms with Crippen LogP contribution >= 0.6 is 0 Å². The number of amides is 1. The Labute approximate surface area is 426 Å². The Morgan fingerprint density at radius 3 is 0.897 bits per heavy atom. The van der Waals surface area contributed by atoms with Gasteiger partial charge in [0.1, 0.15) is 6.10 Å². The van der Waals surface area contributed by atoms with Crippen molar-refractivity contribution in [3.8, 4) is 0 Å². The first-order chi connectivity index (χ1) is 33.6. The Bertz CT molecular complexity index is 1010. The lowest BCUT2D eigenvalue weighted by molar-refractivity contribution is -0.131. The van der Waals surface area contributed by atoms with E-state index in [1.807, 2.05) is 6.08 Å². The molecule has 0 fully saturated rings. The van der Waals surface area contributed by atoms with E-state index in [4.69, 9.17) is 0 Å². The van der Waals surface area contributed by atoms with Gasteiger partial charge in [-0.15, -0.1) is 0 Å². The number of allylic oxidation sites excluding steroid dienone is 3. The van der Waals surface area contributed by atoms with Crippen LogP contribution in [0, 0.1) is 0 Å². The van der Waals surface area contributed by atoms with Gasteiger partial charge in [0.25, 0.3) is 0 Å². The summed E-state index contributed by atoms with van der Waals surface area (Å²) >= 11 is 0. The average molecular weight is 959 g/mol. The molecule has 0 heterocycles. The fraction of sp³-hybridized carbons (Fsp3) is 0.921. The van der Waals surface area contributed by atoms with Crippen molar-refractivity contribution >= 4 is 5.91 Å². The molecule has 0 aliphatic rings. The van der Waals surface area contributed by atoms with Gasteiger partial charge in [0.15, 0.2) is 0 Å². The summed E-state index contributed by atoms with van der Waals surface area (Å²) in [7, 11) is 0. The van der Waals surface area contributed by atoms with E-state index in [1.165, 1.54) is 289 Å². The Hall–Kier alpha value is -1.17. The summed E-state index contributed by atoms with van der Waals surface area (Å²) in [6.07, 6.45) is 75.8. The van der Waals surface area contributed by atoms with Gasteiger partial charge in [-0.2, -0.15) is 0 Å². The first kappa shape index (κ1) is 66.8. The standard InChI is InChI=1S/C63H123NO4/c1-3-5-7-9-11-13-15-17-19-21-23-25-26-27-28-29-30-31-32-33-34-35-36-37-38-40-42-44-46-48-50-52-54-56-58-62(67)63(68)64-60(59-65)61(66)57-55-53-51-49-47-45-43-41-39-24-22-20-18-16-14-12-10-8-6-4-2/h47,49,55,57,60-62,65-67H,3-46,48,50-54,56,58-59H2,1-2H3,(H,64,68)/b49-47+,57-55+. The molecule has 0 spiro atoms. The zero-order chi connectivity index (χ0) is 49.3. The number of nitrogens with one attached hydrogen (secondary N) is 1. The van der Waals surface area contributed by atoms with Crippen LogP contribution in [0.2, 0.25) is 0 Å². The minimum atomic E-state index is -1.10. The highest BCUT2D eigenvalue weighted by Gasteiger charge is 2.22. The minimum Gasteiger partial charge on any atom is -0.394 e. The van der Waals surface area contributed by atoms with Crippen molar-refractivity contribution in [2.75, 3.05) is 6.61 Å². The third kappa shape index (κ3) is 52.6. The van der Waals surface area contributed by atoms with Crippen molar-refractivity contribution in [1.29, 1.82) is 0 Å².